The molecule has 0 amide bonds. The Morgan fingerprint density at radius 2 is 2.00 bits per heavy atom. The van der Waals surface area contributed by atoms with Crippen LogP contribution in [0.3, 0.4) is 0 Å². The Hall–Kier alpha value is -0.910. The van der Waals surface area contributed by atoms with Gasteiger partial charge in [0.1, 0.15) is 5.82 Å². The maximum atomic E-state index is 5.52. The molecule has 0 radical (unpaired) electrons. The summed E-state index contributed by atoms with van der Waals surface area (Å²) >= 11 is 0. The molecule has 2 saturated heterocycles. The highest BCUT2D eigenvalue weighted by Crippen LogP contribution is 2.19. The quantitative estimate of drug-likeness (QED) is 0.841. The second-order valence-corrected chi connectivity index (χ2v) is 7.08. The average Bonchev–Trinajstić information content (AvgIpc) is 3.24. The molecule has 0 aliphatic carbocycles. The first-order valence-electron chi connectivity index (χ1n) is 8.94. The van der Waals surface area contributed by atoms with Crippen LogP contribution < -0.4 is 0 Å². The molecule has 3 aliphatic heterocycles. The standard InChI is InChI=1S/C17H28N4O/c1-2-6-19(5-1)13-16-11-18-17-3-7-20(8-9-21(16)17)12-15-4-10-22-14-15/h11,15H,1-10,12-14H2. The Balaban J connectivity index is 1.37. The molecule has 0 N–H and O–H groups in total. The Morgan fingerprint density at radius 1 is 1.09 bits per heavy atom. The van der Waals surface area contributed by atoms with E-state index in [0.29, 0.717) is 0 Å². The summed E-state index contributed by atoms with van der Waals surface area (Å²) in [6, 6.07) is 0. The molecule has 122 valence electrons. The van der Waals surface area contributed by atoms with Crippen LogP contribution in [-0.2, 0) is 24.2 Å². The van der Waals surface area contributed by atoms with Gasteiger partial charge in [0.15, 0.2) is 0 Å². The Kier molecular flexibility index (Phi) is 4.46. The molecule has 0 aromatic carbocycles. The summed E-state index contributed by atoms with van der Waals surface area (Å²) in [4.78, 5) is 9.90. The number of fused-ring (bicyclic) bond motifs is 1. The number of likely N-dealkylation sites (tertiary alicyclic amines) is 1. The van der Waals surface area contributed by atoms with E-state index >= 15 is 0 Å². The molecule has 2 fully saturated rings. The third-order valence-electron chi connectivity index (χ3n) is 5.44. The van der Waals surface area contributed by atoms with Crippen molar-refractivity contribution in [1.29, 1.82) is 0 Å². The molecule has 4 heterocycles. The zero-order valence-electron chi connectivity index (χ0n) is 13.5. The molecular weight excluding hydrogens is 276 g/mol. The van der Waals surface area contributed by atoms with Gasteiger partial charge in [0, 0.05) is 51.9 Å². The van der Waals surface area contributed by atoms with E-state index in [1.165, 1.54) is 50.4 Å². The van der Waals surface area contributed by atoms with E-state index in [-0.39, 0.29) is 0 Å². The van der Waals surface area contributed by atoms with Crippen LogP contribution in [0, 0.1) is 5.92 Å². The fraction of sp³-hybridized carbons (Fsp3) is 0.824. The van der Waals surface area contributed by atoms with Gasteiger partial charge in [-0.1, -0.05) is 0 Å². The molecule has 4 rings (SSSR count). The Bertz CT molecular complexity index is 489. The molecule has 1 atom stereocenters. The minimum atomic E-state index is 0.745. The van der Waals surface area contributed by atoms with E-state index in [4.69, 9.17) is 9.72 Å². The fourth-order valence-electron chi connectivity index (χ4n) is 4.11. The van der Waals surface area contributed by atoms with Crippen LogP contribution >= 0.6 is 0 Å². The first-order chi connectivity index (χ1) is 10.9. The number of imidazole rings is 1. The lowest BCUT2D eigenvalue weighted by molar-refractivity contribution is 0.167. The maximum Gasteiger partial charge on any atom is 0.110 e. The number of ether oxygens (including phenoxy) is 1. The third-order valence-corrected chi connectivity index (χ3v) is 5.44. The summed E-state index contributed by atoms with van der Waals surface area (Å²) in [7, 11) is 0. The summed E-state index contributed by atoms with van der Waals surface area (Å²) in [6.07, 6.45) is 7.17. The van der Waals surface area contributed by atoms with E-state index < -0.39 is 0 Å². The van der Waals surface area contributed by atoms with Crippen LogP contribution in [-0.4, -0.2) is 65.3 Å². The largest absolute Gasteiger partial charge is 0.381 e. The minimum absolute atomic E-state index is 0.745. The molecule has 5 nitrogen and oxygen atoms in total. The topological polar surface area (TPSA) is 33.5 Å². The maximum absolute atomic E-state index is 5.52. The van der Waals surface area contributed by atoms with Crippen molar-refractivity contribution in [2.45, 2.75) is 38.8 Å². The lowest BCUT2D eigenvalue weighted by atomic mass is 10.1. The van der Waals surface area contributed by atoms with Crippen LogP contribution in [0.2, 0.25) is 0 Å². The molecule has 1 aromatic heterocycles. The summed E-state index contributed by atoms with van der Waals surface area (Å²) in [5.41, 5.74) is 1.42. The van der Waals surface area contributed by atoms with E-state index in [1.807, 2.05) is 0 Å². The normalized spacial score (nSPS) is 27.2. The molecule has 1 unspecified atom stereocenters. The molecule has 1 aromatic rings. The van der Waals surface area contributed by atoms with E-state index in [9.17, 15) is 0 Å². The zero-order valence-corrected chi connectivity index (χ0v) is 13.5. The monoisotopic (exact) mass is 304 g/mol. The molecule has 0 saturated carbocycles. The fourth-order valence-corrected chi connectivity index (χ4v) is 4.11. The van der Waals surface area contributed by atoms with Gasteiger partial charge < -0.3 is 14.2 Å². The highest BCUT2D eigenvalue weighted by molar-refractivity contribution is 5.08. The van der Waals surface area contributed by atoms with Gasteiger partial charge in [0.05, 0.1) is 12.3 Å². The van der Waals surface area contributed by atoms with Gasteiger partial charge in [-0.15, -0.1) is 0 Å². The number of hydrogen-bond donors (Lipinski definition) is 0. The molecule has 0 spiro atoms. The van der Waals surface area contributed by atoms with Crippen molar-refractivity contribution >= 4 is 0 Å². The van der Waals surface area contributed by atoms with Crippen LogP contribution in [0.5, 0.6) is 0 Å². The van der Waals surface area contributed by atoms with Crippen molar-refractivity contribution in [3.05, 3.63) is 17.7 Å². The van der Waals surface area contributed by atoms with Crippen molar-refractivity contribution in [3.8, 4) is 0 Å². The second kappa shape index (κ2) is 6.69. The molecular formula is C17H28N4O. The molecule has 3 aliphatic rings. The number of nitrogens with zero attached hydrogens (tertiary/aromatic N) is 4. The third kappa shape index (κ3) is 3.21. The van der Waals surface area contributed by atoms with Gasteiger partial charge >= 0.3 is 0 Å². The van der Waals surface area contributed by atoms with Crippen molar-refractivity contribution in [3.63, 3.8) is 0 Å². The SMILES string of the molecule is c1nc2n(c1CN1CCCC1)CCN(CC1CCOC1)CC2. The van der Waals surface area contributed by atoms with Crippen molar-refractivity contribution in [1.82, 2.24) is 19.4 Å². The first kappa shape index (κ1) is 14.7. The predicted molar refractivity (Wildman–Crippen MR) is 85.8 cm³/mol. The predicted octanol–water partition coefficient (Wildman–Crippen LogP) is 1.37. The smallest absolute Gasteiger partial charge is 0.110 e. The molecule has 5 heteroatoms. The number of rotatable bonds is 4. The van der Waals surface area contributed by atoms with E-state index in [0.717, 1.165) is 51.7 Å². The van der Waals surface area contributed by atoms with Gasteiger partial charge in [-0.3, -0.25) is 4.90 Å². The van der Waals surface area contributed by atoms with Crippen LogP contribution in [0.4, 0.5) is 0 Å². The van der Waals surface area contributed by atoms with Crippen molar-refractivity contribution in [2.24, 2.45) is 5.92 Å². The van der Waals surface area contributed by atoms with E-state index in [1.54, 1.807) is 0 Å². The second-order valence-electron chi connectivity index (χ2n) is 7.08. The average molecular weight is 304 g/mol. The molecule has 22 heavy (non-hydrogen) atoms. The Morgan fingerprint density at radius 3 is 2.82 bits per heavy atom. The van der Waals surface area contributed by atoms with E-state index in [2.05, 4.69) is 20.6 Å². The summed E-state index contributed by atoms with van der Waals surface area (Å²) in [6.45, 7) is 10.1. The lowest BCUT2D eigenvalue weighted by Gasteiger charge is -2.23. The van der Waals surface area contributed by atoms with Gasteiger partial charge in [-0.25, -0.2) is 4.98 Å². The Labute approximate surface area is 133 Å². The molecule has 0 bridgehead atoms. The minimum Gasteiger partial charge on any atom is -0.381 e. The van der Waals surface area contributed by atoms with Gasteiger partial charge in [0.2, 0.25) is 0 Å². The summed E-state index contributed by atoms with van der Waals surface area (Å²) < 4.78 is 8.01. The van der Waals surface area contributed by atoms with Crippen LogP contribution in [0.1, 0.15) is 30.8 Å². The zero-order chi connectivity index (χ0) is 14.8. The highest BCUT2D eigenvalue weighted by Gasteiger charge is 2.23. The van der Waals surface area contributed by atoms with Gasteiger partial charge in [-0.2, -0.15) is 0 Å². The van der Waals surface area contributed by atoms with Crippen molar-refractivity contribution in [2.75, 3.05) is 45.9 Å². The summed E-state index contributed by atoms with van der Waals surface area (Å²) in [5, 5.41) is 0. The highest BCUT2D eigenvalue weighted by atomic mass is 16.5. The number of aromatic nitrogens is 2. The van der Waals surface area contributed by atoms with Crippen LogP contribution in [0.15, 0.2) is 6.20 Å². The van der Waals surface area contributed by atoms with Crippen molar-refractivity contribution < 1.29 is 4.74 Å². The van der Waals surface area contributed by atoms with Gasteiger partial charge in [0.25, 0.3) is 0 Å². The van der Waals surface area contributed by atoms with Crippen LogP contribution in [0.25, 0.3) is 0 Å². The van der Waals surface area contributed by atoms with Gasteiger partial charge in [-0.05, 0) is 38.3 Å². The first-order valence-corrected chi connectivity index (χ1v) is 8.94. The lowest BCUT2D eigenvalue weighted by Crippen LogP contribution is -2.32. The number of hydrogen-bond acceptors (Lipinski definition) is 4. The summed E-state index contributed by atoms with van der Waals surface area (Å²) in [5.74, 6) is 2.04.